The van der Waals surface area contributed by atoms with Gasteiger partial charge >= 0.3 is 0 Å². The molecule has 2 aliphatic carbocycles. The van der Waals surface area contributed by atoms with E-state index in [1.54, 1.807) is 7.11 Å². The van der Waals surface area contributed by atoms with Gasteiger partial charge in [-0.15, -0.1) is 0 Å². The van der Waals surface area contributed by atoms with Crippen molar-refractivity contribution >= 4 is 17.5 Å². The van der Waals surface area contributed by atoms with Crippen molar-refractivity contribution < 1.29 is 14.3 Å². The fourth-order valence-electron chi connectivity index (χ4n) is 5.66. The highest BCUT2D eigenvalue weighted by Gasteiger charge is 2.44. The molecular formula is C23H33N3O3. The third-order valence-electron chi connectivity index (χ3n) is 7.21. The summed E-state index contributed by atoms with van der Waals surface area (Å²) in [6, 6.07) is 5.56. The maximum atomic E-state index is 13.4. The molecule has 2 bridgehead atoms. The summed E-state index contributed by atoms with van der Waals surface area (Å²) >= 11 is 0. The Morgan fingerprint density at radius 3 is 2.55 bits per heavy atom. The van der Waals surface area contributed by atoms with Crippen LogP contribution in [0.2, 0.25) is 0 Å². The van der Waals surface area contributed by atoms with Gasteiger partial charge in [-0.05, 0) is 75.0 Å². The van der Waals surface area contributed by atoms with Crippen LogP contribution in [-0.2, 0) is 9.59 Å². The number of carbonyl (C=O) groups is 2. The van der Waals surface area contributed by atoms with Crippen LogP contribution in [0.3, 0.4) is 0 Å². The first-order valence-electron chi connectivity index (χ1n) is 11.0. The van der Waals surface area contributed by atoms with Crippen molar-refractivity contribution in [3.05, 3.63) is 23.8 Å². The second-order valence-electron chi connectivity index (χ2n) is 9.08. The number of nitrogens with zero attached hydrogens (tertiary/aromatic N) is 1. The molecule has 3 aliphatic rings. The van der Waals surface area contributed by atoms with E-state index in [-0.39, 0.29) is 23.8 Å². The van der Waals surface area contributed by atoms with Crippen molar-refractivity contribution in [2.24, 2.45) is 23.5 Å². The minimum atomic E-state index is -0.400. The number of fused-ring (bicyclic) bond motifs is 2. The molecule has 3 N–H and O–H groups in total. The van der Waals surface area contributed by atoms with E-state index >= 15 is 0 Å². The van der Waals surface area contributed by atoms with Crippen LogP contribution < -0.4 is 15.8 Å². The van der Waals surface area contributed by atoms with Gasteiger partial charge < -0.3 is 20.7 Å². The molecule has 6 nitrogen and oxygen atoms in total. The van der Waals surface area contributed by atoms with E-state index in [0.717, 1.165) is 37.7 Å². The van der Waals surface area contributed by atoms with Crippen LogP contribution in [0.25, 0.3) is 0 Å². The van der Waals surface area contributed by atoms with Crippen molar-refractivity contribution in [2.45, 2.75) is 64.0 Å². The standard InChI is InChI=1S/C23H33N3O3/c1-14-8-9-20(29-2)18(11-14)25-22(27)19-7-4-10-26(19)23(28)17-12-15-5-3-6-16(13-17)21(15)24/h8-9,11,15-17,19,21H,3-7,10,12-13,24H2,1-2H3,(H,25,27). The fourth-order valence-corrected chi connectivity index (χ4v) is 5.66. The number of hydrogen-bond acceptors (Lipinski definition) is 4. The molecule has 3 fully saturated rings. The second-order valence-corrected chi connectivity index (χ2v) is 9.08. The van der Waals surface area contributed by atoms with Gasteiger partial charge in [-0.3, -0.25) is 9.59 Å². The van der Waals surface area contributed by atoms with Crippen LogP contribution in [0.4, 0.5) is 5.69 Å². The topological polar surface area (TPSA) is 84.7 Å². The fraction of sp³-hybridized carbons (Fsp3) is 0.652. The quantitative estimate of drug-likeness (QED) is 0.815. The van der Waals surface area contributed by atoms with Crippen LogP contribution >= 0.6 is 0 Å². The average molecular weight is 400 g/mol. The number of hydrogen-bond donors (Lipinski definition) is 2. The maximum absolute atomic E-state index is 13.4. The lowest BCUT2D eigenvalue weighted by Gasteiger charge is -2.44. The Bertz CT molecular complexity index is 767. The Balaban J connectivity index is 1.45. The van der Waals surface area contributed by atoms with Crippen LogP contribution in [0.5, 0.6) is 5.75 Å². The van der Waals surface area contributed by atoms with Gasteiger partial charge in [0.15, 0.2) is 0 Å². The van der Waals surface area contributed by atoms with Crippen molar-refractivity contribution in [2.75, 3.05) is 19.0 Å². The van der Waals surface area contributed by atoms with Gasteiger partial charge in [-0.2, -0.15) is 0 Å². The summed E-state index contributed by atoms with van der Waals surface area (Å²) in [5.41, 5.74) is 8.11. The predicted octanol–water partition coefficient (Wildman–Crippen LogP) is 3.09. The van der Waals surface area contributed by atoms with Gasteiger partial charge in [-0.1, -0.05) is 12.5 Å². The molecule has 0 radical (unpaired) electrons. The predicted molar refractivity (Wildman–Crippen MR) is 113 cm³/mol. The summed E-state index contributed by atoms with van der Waals surface area (Å²) in [4.78, 5) is 28.3. The highest BCUT2D eigenvalue weighted by molar-refractivity contribution is 5.98. The maximum Gasteiger partial charge on any atom is 0.247 e. The Hall–Kier alpha value is -2.08. The van der Waals surface area contributed by atoms with Gasteiger partial charge in [0.05, 0.1) is 12.8 Å². The van der Waals surface area contributed by atoms with E-state index in [9.17, 15) is 9.59 Å². The molecular weight excluding hydrogens is 366 g/mol. The number of nitrogens with one attached hydrogen (secondary N) is 1. The number of carbonyl (C=O) groups excluding carboxylic acids is 2. The molecule has 1 aromatic rings. The first kappa shape index (κ1) is 20.2. The zero-order chi connectivity index (χ0) is 20.5. The zero-order valence-electron chi connectivity index (χ0n) is 17.5. The van der Waals surface area contributed by atoms with Crippen LogP contribution in [0.15, 0.2) is 18.2 Å². The van der Waals surface area contributed by atoms with Crippen molar-refractivity contribution in [1.29, 1.82) is 0 Å². The summed E-state index contributed by atoms with van der Waals surface area (Å²) in [6.45, 7) is 2.64. The molecule has 4 rings (SSSR count). The lowest BCUT2D eigenvalue weighted by molar-refractivity contribution is -0.142. The van der Waals surface area contributed by atoms with Gasteiger partial charge in [0.25, 0.3) is 0 Å². The highest BCUT2D eigenvalue weighted by atomic mass is 16.5. The van der Waals surface area contributed by atoms with Gasteiger partial charge in [0, 0.05) is 18.5 Å². The smallest absolute Gasteiger partial charge is 0.247 e. The van der Waals surface area contributed by atoms with Crippen molar-refractivity contribution in [3.8, 4) is 5.75 Å². The van der Waals surface area contributed by atoms with E-state index in [0.29, 0.717) is 36.2 Å². The normalized spacial score (nSPS) is 31.4. The summed E-state index contributed by atoms with van der Waals surface area (Å²) in [7, 11) is 1.59. The molecule has 3 atom stereocenters. The largest absolute Gasteiger partial charge is 0.495 e. The first-order chi connectivity index (χ1) is 14.0. The molecule has 6 heteroatoms. The van der Waals surface area contributed by atoms with Crippen molar-refractivity contribution in [3.63, 3.8) is 0 Å². The summed E-state index contributed by atoms with van der Waals surface area (Å²) in [5, 5.41) is 3.00. The summed E-state index contributed by atoms with van der Waals surface area (Å²) in [5.74, 6) is 1.61. The van der Waals surface area contributed by atoms with Gasteiger partial charge in [-0.25, -0.2) is 0 Å². The van der Waals surface area contributed by atoms with E-state index in [1.807, 2.05) is 30.0 Å². The Morgan fingerprint density at radius 2 is 1.86 bits per heavy atom. The number of benzene rings is 1. The average Bonchev–Trinajstić information content (AvgIpc) is 3.17. The lowest BCUT2D eigenvalue weighted by Crippen LogP contribution is -2.51. The number of rotatable bonds is 4. The Labute approximate surface area is 173 Å². The zero-order valence-corrected chi connectivity index (χ0v) is 17.5. The molecule has 0 spiro atoms. The van der Waals surface area contributed by atoms with Gasteiger partial charge in [0.2, 0.25) is 11.8 Å². The number of amides is 2. The van der Waals surface area contributed by atoms with Crippen LogP contribution in [0.1, 0.15) is 50.5 Å². The van der Waals surface area contributed by atoms with E-state index in [1.165, 1.54) is 6.42 Å². The van der Waals surface area contributed by atoms with Crippen LogP contribution in [0, 0.1) is 24.7 Å². The van der Waals surface area contributed by atoms with E-state index in [2.05, 4.69) is 5.32 Å². The SMILES string of the molecule is COc1ccc(C)cc1NC(=O)C1CCCN1C(=O)C1CC2CCCC(C1)C2N. The highest BCUT2D eigenvalue weighted by Crippen LogP contribution is 2.43. The Morgan fingerprint density at radius 1 is 1.14 bits per heavy atom. The number of aryl methyl sites for hydroxylation is 1. The number of anilines is 1. The van der Waals surface area contributed by atoms with Gasteiger partial charge in [0.1, 0.15) is 11.8 Å². The second kappa shape index (κ2) is 8.34. The minimum Gasteiger partial charge on any atom is -0.495 e. The molecule has 158 valence electrons. The number of nitrogens with two attached hydrogens (primary N) is 1. The van der Waals surface area contributed by atoms with E-state index < -0.39 is 6.04 Å². The molecule has 29 heavy (non-hydrogen) atoms. The number of methoxy groups -OCH3 is 1. The molecule has 2 saturated carbocycles. The molecule has 0 aromatic heterocycles. The third kappa shape index (κ3) is 4.00. The lowest BCUT2D eigenvalue weighted by atomic mass is 9.65. The molecule has 1 aromatic carbocycles. The molecule has 1 saturated heterocycles. The molecule has 1 heterocycles. The molecule has 2 amide bonds. The molecule has 3 unspecified atom stereocenters. The third-order valence-corrected chi connectivity index (χ3v) is 7.21. The monoisotopic (exact) mass is 399 g/mol. The first-order valence-corrected chi connectivity index (χ1v) is 11.0. The number of ether oxygens (including phenoxy) is 1. The molecule has 1 aliphatic heterocycles. The number of likely N-dealkylation sites (tertiary alicyclic amines) is 1. The summed E-state index contributed by atoms with van der Waals surface area (Å²) in [6.07, 6.45) is 6.85. The van der Waals surface area contributed by atoms with E-state index in [4.69, 9.17) is 10.5 Å². The Kier molecular flexibility index (Phi) is 5.81. The minimum absolute atomic E-state index is 0.0204. The summed E-state index contributed by atoms with van der Waals surface area (Å²) < 4.78 is 5.38. The van der Waals surface area contributed by atoms with Crippen molar-refractivity contribution in [1.82, 2.24) is 4.90 Å². The van der Waals surface area contributed by atoms with Crippen LogP contribution in [-0.4, -0.2) is 42.5 Å².